The highest BCUT2D eigenvalue weighted by Gasteiger charge is 1.94. The Balaban J connectivity index is 2.29. The van der Waals surface area contributed by atoms with Crippen molar-refractivity contribution in [2.24, 2.45) is 0 Å². The Morgan fingerprint density at radius 1 is 1.07 bits per heavy atom. The Bertz CT molecular complexity index is 259. The zero-order valence-corrected chi connectivity index (χ0v) is 9.45. The van der Waals surface area contributed by atoms with Gasteiger partial charge in [0.15, 0.2) is 0 Å². The van der Waals surface area contributed by atoms with Crippen molar-refractivity contribution in [1.29, 1.82) is 0 Å². The fourth-order valence-electron chi connectivity index (χ4n) is 1.24. The SMILES string of the molecule is CCNc1ccc(OCCOCC)cc1. The topological polar surface area (TPSA) is 30.5 Å². The van der Waals surface area contributed by atoms with Gasteiger partial charge in [0.1, 0.15) is 12.4 Å². The van der Waals surface area contributed by atoms with Crippen LogP contribution in [0.5, 0.6) is 5.75 Å². The summed E-state index contributed by atoms with van der Waals surface area (Å²) in [6, 6.07) is 7.95. The van der Waals surface area contributed by atoms with Crippen LogP contribution in [0.25, 0.3) is 0 Å². The molecule has 15 heavy (non-hydrogen) atoms. The van der Waals surface area contributed by atoms with E-state index in [-0.39, 0.29) is 0 Å². The van der Waals surface area contributed by atoms with Crippen LogP contribution in [0, 0.1) is 0 Å². The molecule has 3 nitrogen and oxygen atoms in total. The minimum absolute atomic E-state index is 0.606. The molecule has 1 aromatic rings. The van der Waals surface area contributed by atoms with Gasteiger partial charge in [0.25, 0.3) is 0 Å². The molecular weight excluding hydrogens is 190 g/mol. The second-order valence-corrected chi connectivity index (χ2v) is 3.10. The predicted octanol–water partition coefficient (Wildman–Crippen LogP) is 2.53. The molecule has 0 radical (unpaired) electrons. The number of rotatable bonds is 7. The first-order chi connectivity index (χ1) is 7.36. The van der Waals surface area contributed by atoms with Crippen LogP contribution in [-0.4, -0.2) is 26.4 Å². The van der Waals surface area contributed by atoms with Gasteiger partial charge in [0, 0.05) is 18.8 Å². The van der Waals surface area contributed by atoms with Gasteiger partial charge in [0.2, 0.25) is 0 Å². The maximum atomic E-state index is 5.49. The highest BCUT2D eigenvalue weighted by atomic mass is 16.5. The number of hydrogen-bond acceptors (Lipinski definition) is 3. The second-order valence-electron chi connectivity index (χ2n) is 3.10. The molecule has 0 aliphatic carbocycles. The minimum Gasteiger partial charge on any atom is -0.491 e. The van der Waals surface area contributed by atoms with E-state index in [2.05, 4.69) is 12.2 Å². The minimum atomic E-state index is 0.606. The summed E-state index contributed by atoms with van der Waals surface area (Å²) < 4.78 is 10.7. The number of anilines is 1. The molecule has 1 N–H and O–H groups in total. The summed E-state index contributed by atoms with van der Waals surface area (Å²) in [7, 11) is 0. The van der Waals surface area contributed by atoms with E-state index in [1.165, 1.54) is 0 Å². The van der Waals surface area contributed by atoms with Crippen LogP contribution in [-0.2, 0) is 4.74 Å². The van der Waals surface area contributed by atoms with Crippen LogP contribution in [0.15, 0.2) is 24.3 Å². The molecular formula is C12H19NO2. The van der Waals surface area contributed by atoms with Gasteiger partial charge in [-0.3, -0.25) is 0 Å². The van der Waals surface area contributed by atoms with Crippen LogP contribution >= 0.6 is 0 Å². The second kappa shape index (κ2) is 7.12. The summed E-state index contributed by atoms with van der Waals surface area (Å²) >= 11 is 0. The van der Waals surface area contributed by atoms with E-state index in [0.29, 0.717) is 13.2 Å². The fraction of sp³-hybridized carbons (Fsp3) is 0.500. The van der Waals surface area contributed by atoms with Gasteiger partial charge in [-0.25, -0.2) is 0 Å². The lowest BCUT2D eigenvalue weighted by molar-refractivity contribution is 0.110. The van der Waals surface area contributed by atoms with Crippen molar-refractivity contribution in [2.45, 2.75) is 13.8 Å². The van der Waals surface area contributed by atoms with Gasteiger partial charge in [0.05, 0.1) is 6.61 Å². The zero-order valence-electron chi connectivity index (χ0n) is 9.45. The van der Waals surface area contributed by atoms with Crippen LogP contribution in [0.1, 0.15) is 13.8 Å². The van der Waals surface area contributed by atoms with Crippen LogP contribution in [0.2, 0.25) is 0 Å². The monoisotopic (exact) mass is 209 g/mol. The average molecular weight is 209 g/mol. The van der Waals surface area contributed by atoms with Crippen molar-refractivity contribution >= 4 is 5.69 Å². The molecule has 0 aromatic heterocycles. The maximum absolute atomic E-state index is 5.49. The smallest absolute Gasteiger partial charge is 0.119 e. The molecule has 0 unspecified atom stereocenters. The number of nitrogens with one attached hydrogen (secondary N) is 1. The van der Waals surface area contributed by atoms with Crippen molar-refractivity contribution in [1.82, 2.24) is 0 Å². The largest absolute Gasteiger partial charge is 0.491 e. The van der Waals surface area contributed by atoms with Gasteiger partial charge >= 0.3 is 0 Å². The van der Waals surface area contributed by atoms with Gasteiger partial charge in [-0.1, -0.05) is 0 Å². The summed E-state index contributed by atoms with van der Waals surface area (Å²) in [5, 5.41) is 3.23. The van der Waals surface area contributed by atoms with E-state index in [0.717, 1.165) is 24.6 Å². The van der Waals surface area contributed by atoms with Crippen LogP contribution in [0.4, 0.5) is 5.69 Å². The summed E-state index contributed by atoms with van der Waals surface area (Å²) in [5.41, 5.74) is 1.12. The van der Waals surface area contributed by atoms with Crippen molar-refractivity contribution in [3.8, 4) is 5.75 Å². The van der Waals surface area contributed by atoms with E-state index >= 15 is 0 Å². The molecule has 0 saturated carbocycles. The van der Waals surface area contributed by atoms with Crippen molar-refractivity contribution in [2.75, 3.05) is 31.7 Å². The van der Waals surface area contributed by atoms with E-state index in [1.807, 2.05) is 31.2 Å². The first-order valence-corrected chi connectivity index (χ1v) is 5.41. The summed E-state index contributed by atoms with van der Waals surface area (Å²) in [6.45, 7) is 6.98. The lowest BCUT2D eigenvalue weighted by Gasteiger charge is -2.07. The van der Waals surface area contributed by atoms with Crippen molar-refractivity contribution in [3.05, 3.63) is 24.3 Å². The molecule has 0 aliphatic heterocycles. The van der Waals surface area contributed by atoms with Gasteiger partial charge in [-0.05, 0) is 38.1 Å². The van der Waals surface area contributed by atoms with Gasteiger partial charge < -0.3 is 14.8 Å². The highest BCUT2D eigenvalue weighted by Crippen LogP contribution is 2.15. The Morgan fingerprint density at radius 3 is 2.40 bits per heavy atom. The van der Waals surface area contributed by atoms with E-state index in [1.54, 1.807) is 0 Å². The molecule has 0 fully saturated rings. The first-order valence-electron chi connectivity index (χ1n) is 5.41. The molecule has 1 aromatic carbocycles. The maximum Gasteiger partial charge on any atom is 0.119 e. The molecule has 0 spiro atoms. The fourth-order valence-corrected chi connectivity index (χ4v) is 1.24. The molecule has 0 bridgehead atoms. The zero-order chi connectivity index (χ0) is 10.9. The molecule has 0 atom stereocenters. The lowest BCUT2D eigenvalue weighted by atomic mass is 10.3. The van der Waals surface area contributed by atoms with Crippen LogP contribution in [0.3, 0.4) is 0 Å². The van der Waals surface area contributed by atoms with Crippen molar-refractivity contribution < 1.29 is 9.47 Å². The molecule has 84 valence electrons. The Labute approximate surface area is 91.4 Å². The summed E-state index contributed by atoms with van der Waals surface area (Å²) in [6.07, 6.45) is 0. The van der Waals surface area contributed by atoms with Gasteiger partial charge in [-0.2, -0.15) is 0 Å². The third-order valence-electron chi connectivity index (χ3n) is 1.94. The quantitative estimate of drug-likeness (QED) is 0.700. The van der Waals surface area contributed by atoms with E-state index in [4.69, 9.17) is 9.47 Å². The molecule has 1 rings (SSSR count). The average Bonchev–Trinajstić information content (AvgIpc) is 2.27. The summed E-state index contributed by atoms with van der Waals surface area (Å²) in [5.74, 6) is 0.886. The predicted molar refractivity (Wildman–Crippen MR) is 62.6 cm³/mol. The number of benzene rings is 1. The normalized spacial score (nSPS) is 10.0. The Kier molecular flexibility index (Phi) is 5.63. The molecule has 0 aliphatic rings. The van der Waals surface area contributed by atoms with Gasteiger partial charge in [-0.15, -0.1) is 0 Å². The number of hydrogen-bond donors (Lipinski definition) is 1. The molecule has 0 saturated heterocycles. The van der Waals surface area contributed by atoms with Crippen molar-refractivity contribution in [3.63, 3.8) is 0 Å². The standard InChI is InChI=1S/C12H19NO2/c1-3-13-11-5-7-12(8-6-11)15-10-9-14-4-2/h5-8,13H,3-4,9-10H2,1-2H3. The molecule has 0 amide bonds. The summed E-state index contributed by atoms with van der Waals surface area (Å²) in [4.78, 5) is 0. The Hall–Kier alpha value is -1.22. The molecule has 0 heterocycles. The first kappa shape index (κ1) is 11.9. The highest BCUT2D eigenvalue weighted by molar-refractivity contribution is 5.46. The lowest BCUT2D eigenvalue weighted by Crippen LogP contribution is -2.06. The van der Waals surface area contributed by atoms with E-state index < -0.39 is 0 Å². The Morgan fingerprint density at radius 2 is 1.80 bits per heavy atom. The number of ether oxygens (including phenoxy) is 2. The molecule has 3 heteroatoms. The third kappa shape index (κ3) is 4.70. The van der Waals surface area contributed by atoms with E-state index in [9.17, 15) is 0 Å². The van der Waals surface area contributed by atoms with Crippen LogP contribution < -0.4 is 10.1 Å². The third-order valence-corrected chi connectivity index (χ3v) is 1.94.